The lowest BCUT2D eigenvalue weighted by atomic mass is 10.1. The lowest BCUT2D eigenvalue weighted by Gasteiger charge is -2.06. The Bertz CT molecular complexity index is 704. The first-order valence-electron chi connectivity index (χ1n) is 5.95. The van der Waals surface area contributed by atoms with Crippen molar-refractivity contribution >= 4 is 11.6 Å². The number of aryl methyl sites for hydroxylation is 1. The number of rotatable bonds is 2. The summed E-state index contributed by atoms with van der Waals surface area (Å²) in [6.45, 7) is 0. The van der Waals surface area contributed by atoms with E-state index in [4.69, 9.17) is 11.6 Å². The van der Waals surface area contributed by atoms with Crippen LogP contribution in [0.1, 0.15) is 0 Å². The van der Waals surface area contributed by atoms with Gasteiger partial charge in [-0.3, -0.25) is 9.67 Å². The number of pyridine rings is 1. The average molecular weight is 270 g/mol. The van der Waals surface area contributed by atoms with Crippen LogP contribution in [0.15, 0.2) is 54.9 Å². The largest absolute Gasteiger partial charge is 0.267 e. The highest BCUT2D eigenvalue weighted by Gasteiger charge is 2.13. The Morgan fingerprint density at radius 2 is 2.00 bits per heavy atom. The molecule has 0 atom stereocenters. The predicted molar refractivity (Wildman–Crippen MR) is 76.9 cm³/mol. The van der Waals surface area contributed by atoms with Gasteiger partial charge in [-0.05, 0) is 24.3 Å². The van der Waals surface area contributed by atoms with E-state index in [0.29, 0.717) is 5.02 Å². The van der Waals surface area contributed by atoms with E-state index in [9.17, 15) is 0 Å². The standard InChI is InChI=1S/C15H12ClN3/c1-19-15(11-5-4-6-12(16)9-11)13(10-18-19)14-7-2-3-8-17-14/h2-10H,1H3. The molecule has 4 heteroatoms. The zero-order valence-electron chi connectivity index (χ0n) is 10.4. The van der Waals surface area contributed by atoms with E-state index in [2.05, 4.69) is 10.1 Å². The molecule has 0 bridgehead atoms. The first kappa shape index (κ1) is 11.9. The van der Waals surface area contributed by atoms with Crippen LogP contribution in [-0.4, -0.2) is 14.8 Å². The number of benzene rings is 1. The molecule has 0 amide bonds. The van der Waals surface area contributed by atoms with Crippen molar-refractivity contribution in [2.45, 2.75) is 0 Å². The third-order valence-corrected chi connectivity index (χ3v) is 3.21. The topological polar surface area (TPSA) is 30.7 Å². The number of nitrogens with zero attached hydrogens (tertiary/aromatic N) is 3. The molecule has 3 rings (SSSR count). The van der Waals surface area contributed by atoms with E-state index in [0.717, 1.165) is 22.5 Å². The van der Waals surface area contributed by atoms with Crippen molar-refractivity contribution in [2.24, 2.45) is 7.05 Å². The minimum Gasteiger partial charge on any atom is -0.267 e. The maximum Gasteiger partial charge on any atom is 0.0773 e. The maximum atomic E-state index is 6.07. The van der Waals surface area contributed by atoms with Gasteiger partial charge >= 0.3 is 0 Å². The molecule has 2 heterocycles. The zero-order chi connectivity index (χ0) is 13.2. The summed E-state index contributed by atoms with van der Waals surface area (Å²) in [7, 11) is 1.92. The van der Waals surface area contributed by atoms with E-state index in [1.807, 2.05) is 60.4 Å². The number of hydrogen-bond donors (Lipinski definition) is 0. The van der Waals surface area contributed by atoms with Gasteiger partial charge in [0, 0.05) is 29.4 Å². The molecule has 0 spiro atoms. The van der Waals surface area contributed by atoms with Crippen molar-refractivity contribution < 1.29 is 0 Å². The second kappa shape index (κ2) is 4.86. The maximum absolute atomic E-state index is 6.07. The molecular formula is C15H12ClN3. The van der Waals surface area contributed by atoms with E-state index >= 15 is 0 Å². The van der Waals surface area contributed by atoms with Gasteiger partial charge in [-0.15, -0.1) is 0 Å². The quantitative estimate of drug-likeness (QED) is 0.708. The highest BCUT2D eigenvalue weighted by atomic mass is 35.5. The van der Waals surface area contributed by atoms with Crippen LogP contribution in [0.4, 0.5) is 0 Å². The van der Waals surface area contributed by atoms with Crippen molar-refractivity contribution in [3.63, 3.8) is 0 Å². The molecule has 0 aliphatic carbocycles. The van der Waals surface area contributed by atoms with Gasteiger partial charge in [-0.1, -0.05) is 29.8 Å². The van der Waals surface area contributed by atoms with E-state index in [1.165, 1.54) is 0 Å². The normalized spacial score (nSPS) is 10.6. The summed E-state index contributed by atoms with van der Waals surface area (Å²) in [5.74, 6) is 0. The summed E-state index contributed by atoms with van der Waals surface area (Å²) in [5, 5.41) is 5.05. The van der Waals surface area contributed by atoms with E-state index < -0.39 is 0 Å². The Balaban J connectivity index is 2.20. The van der Waals surface area contributed by atoms with Crippen LogP contribution >= 0.6 is 11.6 Å². The molecule has 0 fully saturated rings. The second-order valence-electron chi connectivity index (χ2n) is 4.26. The van der Waals surface area contributed by atoms with Crippen LogP contribution < -0.4 is 0 Å². The van der Waals surface area contributed by atoms with Crippen molar-refractivity contribution in [1.29, 1.82) is 0 Å². The Kier molecular flexibility index (Phi) is 3.05. The van der Waals surface area contributed by atoms with Crippen LogP contribution in [0.2, 0.25) is 5.02 Å². The summed E-state index contributed by atoms with van der Waals surface area (Å²) in [4.78, 5) is 4.38. The second-order valence-corrected chi connectivity index (χ2v) is 4.69. The Labute approximate surface area is 116 Å². The van der Waals surface area contributed by atoms with Gasteiger partial charge in [0.05, 0.1) is 17.6 Å². The van der Waals surface area contributed by atoms with E-state index in [1.54, 1.807) is 6.20 Å². The summed E-state index contributed by atoms with van der Waals surface area (Å²) in [6, 6.07) is 13.6. The summed E-state index contributed by atoms with van der Waals surface area (Å²) in [6.07, 6.45) is 3.61. The first-order valence-corrected chi connectivity index (χ1v) is 6.33. The molecule has 0 aliphatic rings. The molecule has 19 heavy (non-hydrogen) atoms. The molecule has 2 aromatic heterocycles. The van der Waals surface area contributed by atoms with Crippen LogP contribution in [0.3, 0.4) is 0 Å². The highest BCUT2D eigenvalue weighted by molar-refractivity contribution is 6.30. The van der Waals surface area contributed by atoms with Crippen molar-refractivity contribution in [3.8, 4) is 22.5 Å². The van der Waals surface area contributed by atoms with Crippen LogP contribution in [0.25, 0.3) is 22.5 Å². The lowest BCUT2D eigenvalue weighted by Crippen LogP contribution is -1.94. The minimum absolute atomic E-state index is 0.714. The fraction of sp³-hybridized carbons (Fsp3) is 0.0667. The molecule has 0 unspecified atom stereocenters. The number of aromatic nitrogens is 3. The van der Waals surface area contributed by atoms with Gasteiger partial charge in [0.1, 0.15) is 0 Å². The third-order valence-electron chi connectivity index (χ3n) is 2.98. The van der Waals surface area contributed by atoms with Gasteiger partial charge in [0.25, 0.3) is 0 Å². The fourth-order valence-corrected chi connectivity index (χ4v) is 2.32. The molecule has 3 aromatic rings. The molecule has 1 aromatic carbocycles. The van der Waals surface area contributed by atoms with Gasteiger partial charge in [-0.2, -0.15) is 5.10 Å². The first-order chi connectivity index (χ1) is 9.25. The Morgan fingerprint density at radius 1 is 1.11 bits per heavy atom. The zero-order valence-corrected chi connectivity index (χ0v) is 11.2. The fourth-order valence-electron chi connectivity index (χ4n) is 2.13. The van der Waals surface area contributed by atoms with Crippen molar-refractivity contribution in [1.82, 2.24) is 14.8 Å². The van der Waals surface area contributed by atoms with Crippen LogP contribution in [0, 0.1) is 0 Å². The minimum atomic E-state index is 0.714. The summed E-state index contributed by atoms with van der Waals surface area (Å²) < 4.78 is 1.84. The Morgan fingerprint density at radius 3 is 2.74 bits per heavy atom. The van der Waals surface area contributed by atoms with Crippen molar-refractivity contribution in [3.05, 3.63) is 59.9 Å². The van der Waals surface area contributed by atoms with E-state index in [-0.39, 0.29) is 0 Å². The van der Waals surface area contributed by atoms with Crippen LogP contribution in [-0.2, 0) is 7.05 Å². The van der Waals surface area contributed by atoms with Crippen molar-refractivity contribution in [2.75, 3.05) is 0 Å². The highest BCUT2D eigenvalue weighted by Crippen LogP contribution is 2.31. The summed E-state index contributed by atoms with van der Waals surface area (Å²) >= 11 is 6.07. The molecule has 0 saturated heterocycles. The molecule has 0 saturated carbocycles. The molecule has 0 N–H and O–H groups in total. The average Bonchev–Trinajstić information content (AvgIpc) is 2.82. The third kappa shape index (κ3) is 2.25. The molecule has 0 radical (unpaired) electrons. The number of hydrogen-bond acceptors (Lipinski definition) is 2. The smallest absolute Gasteiger partial charge is 0.0773 e. The van der Waals surface area contributed by atoms with Crippen LogP contribution in [0.5, 0.6) is 0 Å². The monoisotopic (exact) mass is 269 g/mol. The Hall–Kier alpha value is -2.13. The SMILES string of the molecule is Cn1ncc(-c2ccccn2)c1-c1cccc(Cl)c1. The predicted octanol–water partition coefficient (Wildman–Crippen LogP) is 3.80. The van der Waals surface area contributed by atoms with Gasteiger partial charge in [-0.25, -0.2) is 0 Å². The van der Waals surface area contributed by atoms with Gasteiger partial charge in [0.2, 0.25) is 0 Å². The summed E-state index contributed by atoms with van der Waals surface area (Å²) in [5.41, 5.74) is 3.96. The molecule has 0 aliphatic heterocycles. The molecule has 94 valence electrons. The number of halogens is 1. The van der Waals surface area contributed by atoms with Gasteiger partial charge in [0.15, 0.2) is 0 Å². The van der Waals surface area contributed by atoms with Gasteiger partial charge < -0.3 is 0 Å². The molecular weight excluding hydrogens is 258 g/mol. The lowest BCUT2D eigenvalue weighted by molar-refractivity contribution is 0.776. The molecule has 3 nitrogen and oxygen atoms in total.